The molecule has 0 unspecified atom stereocenters. The zero-order chi connectivity index (χ0) is 16.2. The van der Waals surface area contributed by atoms with Gasteiger partial charge in [0, 0.05) is 11.8 Å². The van der Waals surface area contributed by atoms with E-state index in [4.69, 9.17) is 9.47 Å². The molecule has 2 aromatic rings. The lowest BCUT2D eigenvalue weighted by molar-refractivity contribution is 0.0157. The van der Waals surface area contributed by atoms with Crippen LogP contribution < -0.4 is 9.47 Å². The first-order valence-corrected chi connectivity index (χ1v) is 7.78. The second-order valence-corrected chi connectivity index (χ2v) is 5.50. The molecular weight excluding hydrogens is 292 g/mol. The molecule has 3 rings (SSSR count). The van der Waals surface area contributed by atoms with Gasteiger partial charge in [0.15, 0.2) is 0 Å². The van der Waals surface area contributed by atoms with Gasteiger partial charge < -0.3 is 14.4 Å². The molecule has 0 saturated carbocycles. The normalized spacial score (nSPS) is 14.3. The monoisotopic (exact) mass is 312 g/mol. The van der Waals surface area contributed by atoms with Crippen LogP contribution in [-0.2, 0) is 0 Å². The zero-order valence-corrected chi connectivity index (χ0v) is 13.4. The predicted octanol–water partition coefficient (Wildman–Crippen LogP) is 2.69. The van der Waals surface area contributed by atoms with Gasteiger partial charge in [-0.15, -0.1) is 0 Å². The molecule has 1 aromatic heterocycles. The van der Waals surface area contributed by atoms with Crippen LogP contribution in [0, 0.1) is 6.92 Å². The third-order valence-electron chi connectivity index (χ3n) is 3.70. The number of amides is 1. The van der Waals surface area contributed by atoms with E-state index in [1.54, 1.807) is 11.0 Å². The standard InChI is InChI=1S/C18H20N2O3/c1-3-22-16-9-5-4-8-15(16)18(21)20-11-14(12-20)23-17-10-6-7-13(2)19-17/h4-10,14H,3,11-12H2,1-2H3. The minimum atomic E-state index is -0.0221. The van der Waals surface area contributed by atoms with Crippen molar-refractivity contribution in [2.75, 3.05) is 19.7 Å². The smallest absolute Gasteiger partial charge is 0.257 e. The van der Waals surface area contributed by atoms with Gasteiger partial charge in [0.25, 0.3) is 5.91 Å². The molecule has 1 amide bonds. The Balaban J connectivity index is 1.60. The van der Waals surface area contributed by atoms with E-state index in [2.05, 4.69) is 4.98 Å². The zero-order valence-electron chi connectivity index (χ0n) is 13.4. The molecule has 5 heteroatoms. The molecule has 120 valence electrons. The molecule has 2 heterocycles. The molecule has 0 atom stereocenters. The summed E-state index contributed by atoms with van der Waals surface area (Å²) in [6, 6.07) is 13.0. The van der Waals surface area contributed by atoms with Crippen LogP contribution in [0.1, 0.15) is 23.0 Å². The molecule has 23 heavy (non-hydrogen) atoms. The molecule has 0 aliphatic carbocycles. The van der Waals surface area contributed by atoms with E-state index in [9.17, 15) is 4.79 Å². The lowest BCUT2D eigenvalue weighted by atomic mass is 10.1. The molecule has 0 radical (unpaired) electrons. The van der Waals surface area contributed by atoms with E-state index >= 15 is 0 Å². The number of hydrogen-bond donors (Lipinski definition) is 0. The van der Waals surface area contributed by atoms with E-state index in [1.165, 1.54) is 0 Å². The van der Waals surface area contributed by atoms with Crippen LogP contribution in [0.2, 0.25) is 0 Å². The molecule has 0 spiro atoms. The van der Waals surface area contributed by atoms with Crippen molar-refractivity contribution in [3.05, 3.63) is 53.7 Å². The summed E-state index contributed by atoms with van der Waals surface area (Å²) < 4.78 is 11.3. The first-order chi connectivity index (χ1) is 11.2. The van der Waals surface area contributed by atoms with Crippen LogP contribution in [0.3, 0.4) is 0 Å². The van der Waals surface area contributed by atoms with Crippen molar-refractivity contribution in [1.29, 1.82) is 0 Å². The predicted molar refractivity (Wildman–Crippen MR) is 86.9 cm³/mol. The fraction of sp³-hybridized carbons (Fsp3) is 0.333. The number of likely N-dealkylation sites (tertiary alicyclic amines) is 1. The highest BCUT2D eigenvalue weighted by Gasteiger charge is 2.34. The number of nitrogens with zero attached hydrogens (tertiary/aromatic N) is 2. The van der Waals surface area contributed by atoms with Gasteiger partial charge >= 0.3 is 0 Å². The summed E-state index contributed by atoms with van der Waals surface area (Å²) in [5.74, 6) is 1.22. The van der Waals surface area contributed by atoms with Gasteiger partial charge in [0.05, 0.1) is 25.3 Å². The van der Waals surface area contributed by atoms with Crippen LogP contribution >= 0.6 is 0 Å². The first-order valence-electron chi connectivity index (χ1n) is 7.78. The number of carbonyl (C=O) groups is 1. The molecule has 1 aromatic carbocycles. The highest BCUT2D eigenvalue weighted by atomic mass is 16.5. The first kappa shape index (κ1) is 15.3. The van der Waals surface area contributed by atoms with Gasteiger partial charge in [-0.3, -0.25) is 4.79 Å². The minimum Gasteiger partial charge on any atom is -0.493 e. The Morgan fingerprint density at radius 1 is 1.22 bits per heavy atom. The molecule has 1 fully saturated rings. The summed E-state index contributed by atoms with van der Waals surface area (Å²) in [4.78, 5) is 18.6. The largest absolute Gasteiger partial charge is 0.493 e. The van der Waals surface area contributed by atoms with E-state index in [0.29, 0.717) is 36.9 Å². The van der Waals surface area contributed by atoms with Crippen LogP contribution in [0.4, 0.5) is 0 Å². The Kier molecular flexibility index (Phi) is 4.46. The van der Waals surface area contributed by atoms with Crippen molar-refractivity contribution >= 4 is 5.91 Å². The van der Waals surface area contributed by atoms with Gasteiger partial charge in [0.1, 0.15) is 11.9 Å². The van der Waals surface area contributed by atoms with Crippen molar-refractivity contribution in [1.82, 2.24) is 9.88 Å². The Labute approximate surface area is 135 Å². The number of para-hydroxylation sites is 1. The second kappa shape index (κ2) is 6.69. The van der Waals surface area contributed by atoms with Gasteiger partial charge in [-0.05, 0) is 32.0 Å². The number of aromatic nitrogens is 1. The highest BCUT2D eigenvalue weighted by molar-refractivity contribution is 5.97. The van der Waals surface area contributed by atoms with Crippen molar-refractivity contribution < 1.29 is 14.3 Å². The van der Waals surface area contributed by atoms with Crippen LogP contribution in [0.15, 0.2) is 42.5 Å². The van der Waals surface area contributed by atoms with Gasteiger partial charge in [0.2, 0.25) is 5.88 Å². The van der Waals surface area contributed by atoms with Crippen molar-refractivity contribution in [3.8, 4) is 11.6 Å². The topological polar surface area (TPSA) is 51.7 Å². The van der Waals surface area contributed by atoms with E-state index in [-0.39, 0.29) is 12.0 Å². The third-order valence-corrected chi connectivity index (χ3v) is 3.70. The van der Waals surface area contributed by atoms with Crippen molar-refractivity contribution in [3.63, 3.8) is 0 Å². The quantitative estimate of drug-likeness (QED) is 0.852. The highest BCUT2D eigenvalue weighted by Crippen LogP contribution is 2.24. The lowest BCUT2D eigenvalue weighted by Crippen LogP contribution is -2.56. The van der Waals surface area contributed by atoms with E-state index in [1.807, 2.05) is 50.2 Å². The Morgan fingerprint density at radius 3 is 2.74 bits per heavy atom. The number of rotatable bonds is 5. The van der Waals surface area contributed by atoms with Crippen molar-refractivity contribution in [2.45, 2.75) is 20.0 Å². The average molecular weight is 312 g/mol. The maximum atomic E-state index is 12.5. The number of benzene rings is 1. The van der Waals surface area contributed by atoms with Crippen LogP contribution in [0.25, 0.3) is 0 Å². The molecule has 0 bridgehead atoms. The molecular formula is C18H20N2O3. The fourth-order valence-corrected chi connectivity index (χ4v) is 2.53. The summed E-state index contributed by atoms with van der Waals surface area (Å²) in [7, 11) is 0. The Hall–Kier alpha value is -2.56. The second-order valence-electron chi connectivity index (χ2n) is 5.50. The average Bonchev–Trinajstić information content (AvgIpc) is 2.51. The lowest BCUT2D eigenvalue weighted by Gasteiger charge is -2.38. The number of ether oxygens (including phenoxy) is 2. The van der Waals surface area contributed by atoms with Gasteiger partial charge in [-0.1, -0.05) is 18.2 Å². The van der Waals surface area contributed by atoms with Crippen molar-refractivity contribution in [2.24, 2.45) is 0 Å². The third kappa shape index (κ3) is 3.44. The minimum absolute atomic E-state index is 0.00694. The van der Waals surface area contributed by atoms with Crippen LogP contribution in [0.5, 0.6) is 11.6 Å². The number of pyridine rings is 1. The molecule has 5 nitrogen and oxygen atoms in total. The van der Waals surface area contributed by atoms with Gasteiger partial charge in [-0.2, -0.15) is 0 Å². The molecule has 1 saturated heterocycles. The summed E-state index contributed by atoms with van der Waals surface area (Å²) >= 11 is 0. The number of carbonyl (C=O) groups excluding carboxylic acids is 1. The molecule has 1 aliphatic rings. The summed E-state index contributed by atoms with van der Waals surface area (Å²) in [5, 5.41) is 0. The summed E-state index contributed by atoms with van der Waals surface area (Å²) in [5.41, 5.74) is 1.52. The maximum Gasteiger partial charge on any atom is 0.257 e. The van der Waals surface area contributed by atoms with Crippen LogP contribution in [-0.4, -0.2) is 41.6 Å². The summed E-state index contributed by atoms with van der Waals surface area (Å²) in [6.07, 6.45) is -0.00694. The summed E-state index contributed by atoms with van der Waals surface area (Å²) in [6.45, 7) is 5.50. The number of aryl methyl sites for hydroxylation is 1. The van der Waals surface area contributed by atoms with Gasteiger partial charge in [-0.25, -0.2) is 4.98 Å². The van der Waals surface area contributed by atoms with E-state index < -0.39 is 0 Å². The molecule has 0 N–H and O–H groups in total. The maximum absolute atomic E-state index is 12.5. The Bertz CT molecular complexity index is 696. The number of hydrogen-bond acceptors (Lipinski definition) is 4. The molecule has 1 aliphatic heterocycles. The van der Waals surface area contributed by atoms with E-state index in [0.717, 1.165) is 5.69 Å². The fourth-order valence-electron chi connectivity index (χ4n) is 2.53. The Morgan fingerprint density at radius 2 is 2.00 bits per heavy atom. The SMILES string of the molecule is CCOc1ccccc1C(=O)N1CC(Oc2cccc(C)n2)C1.